The predicted octanol–water partition coefficient (Wildman–Crippen LogP) is 1.16. The number of carbonyl (C=O) groups excluding carboxylic acids is 2. The first-order valence-corrected chi connectivity index (χ1v) is 8.37. The number of rotatable bonds is 5. The summed E-state index contributed by atoms with van der Waals surface area (Å²) >= 11 is 0. The number of aliphatic hydroxyl groups is 1. The minimum absolute atomic E-state index is 0.0169. The van der Waals surface area contributed by atoms with E-state index < -0.39 is 0 Å². The summed E-state index contributed by atoms with van der Waals surface area (Å²) in [5.74, 6) is -0.317. The van der Waals surface area contributed by atoms with Crippen LogP contribution in [0.3, 0.4) is 0 Å². The van der Waals surface area contributed by atoms with Gasteiger partial charge in [0.15, 0.2) is 0 Å². The molecular weight excluding hydrogens is 306 g/mol. The number of nitrogens with zero attached hydrogens (tertiary/aromatic N) is 2. The van der Waals surface area contributed by atoms with Crippen LogP contribution >= 0.6 is 0 Å². The van der Waals surface area contributed by atoms with Crippen molar-refractivity contribution in [2.45, 2.75) is 32.8 Å². The summed E-state index contributed by atoms with van der Waals surface area (Å²) in [5.41, 5.74) is 2.81. The number of benzene rings is 1. The van der Waals surface area contributed by atoms with Crippen LogP contribution in [-0.2, 0) is 9.59 Å². The Morgan fingerprint density at radius 2 is 2.00 bits per heavy atom. The number of hydrogen-bond donors (Lipinski definition) is 2. The second kappa shape index (κ2) is 8.26. The summed E-state index contributed by atoms with van der Waals surface area (Å²) in [6.45, 7) is 5.48. The van der Waals surface area contributed by atoms with Crippen molar-refractivity contribution >= 4 is 17.5 Å². The van der Waals surface area contributed by atoms with Gasteiger partial charge in [0.25, 0.3) is 0 Å². The minimum atomic E-state index is -0.357. The monoisotopic (exact) mass is 333 g/mol. The minimum Gasteiger partial charge on any atom is -0.392 e. The number of aliphatic hydroxyl groups excluding tert-OH is 1. The first-order chi connectivity index (χ1) is 11.4. The number of anilines is 1. The number of nitrogens with one attached hydrogen (secondary N) is 1. The van der Waals surface area contributed by atoms with Crippen molar-refractivity contribution in [3.63, 3.8) is 0 Å². The molecule has 0 bridgehead atoms. The molecule has 2 rings (SSSR count). The van der Waals surface area contributed by atoms with Crippen molar-refractivity contribution in [1.82, 2.24) is 9.80 Å². The maximum Gasteiger partial charge on any atom is 0.243 e. The van der Waals surface area contributed by atoms with Gasteiger partial charge in [0.2, 0.25) is 11.8 Å². The van der Waals surface area contributed by atoms with Crippen LogP contribution in [-0.4, -0.2) is 66.1 Å². The molecule has 0 saturated carbocycles. The molecule has 1 unspecified atom stereocenters. The van der Waals surface area contributed by atoms with Gasteiger partial charge >= 0.3 is 0 Å². The Morgan fingerprint density at radius 3 is 2.62 bits per heavy atom. The number of likely N-dealkylation sites (tertiary alicyclic amines) is 1. The lowest BCUT2D eigenvalue weighted by atomic mass is 10.1. The molecule has 1 aromatic carbocycles. The largest absolute Gasteiger partial charge is 0.392 e. The number of piperidine rings is 1. The summed E-state index contributed by atoms with van der Waals surface area (Å²) in [7, 11) is 1.63. The highest BCUT2D eigenvalue weighted by atomic mass is 16.3. The van der Waals surface area contributed by atoms with Crippen LogP contribution in [0.25, 0.3) is 0 Å². The first-order valence-electron chi connectivity index (χ1n) is 8.37. The van der Waals surface area contributed by atoms with E-state index in [1.165, 1.54) is 4.90 Å². The van der Waals surface area contributed by atoms with Crippen LogP contribution in [0.4, 0.5) is 5.69 Å². The van der Waals surface area contributed by atoms with Crippen molar-refractivity contribution in [1.29, 1.82) is 0 Å². The van der Waals surface area contributed by atoms with Gasteiger partial charge in [-0.05, 0) is 44.4 Å². The lowest BCUT2D eigenvalue weighted by Gasteiger charge is -2.30. The fourth-order valence-electron chi connectivity index (χ4n) is 2.98. The van der Waals surface area contributed by atoms with Crippen molar-refractivity contribution in [2.75, 3.05) is 38.5 Å². The normalized spacial score (nSPS) is 18.2. The van der Waals surface area contributed by atoms with Gasteiger partial charge in [-0.15, -0.1) is 0 Å². The van der Waals surface area contributed by atoms with Crippen LogP contribution in [0.2, 0.25) is 0 Å². The second-order valence-electron chi connectivity index (χ2n) is 6.60. The van der Waals surface area contributed by atoms with E-state index >= 15 is 0 Å². The standard InChI is InChI=1S/C18H27N3O3/c1-13-6-4-7-14(2)18(13)19-16(23)11-20(3)17(24)12-21-9-5-8-15(22)10-21/h4,6-7,15,22H,5,8-12H2,1-3H3,(H,19,23). The number of hydrogen-bond acceptors (Lipinski definition) is 4. The Bertz CT molecular complexity index is 583. The molecule has 0 spiro atoms. The predicted molar refractivity (Wildman–Crippen MR) is 93.9 cm³/mol. The van der Waals surface area contributed by atoms with Gasteiger partial charge in [0, 0.05) is 19.3 Å². The van der Waals surface area contributed by atoms with Crippen molar-refractivity contribution in [3.8, 4) is 0 Å². The third-order valence-corrected chi connectivity index (χ3v) is 4.39. The number of likely N-dealkylation sites (N-methyl/N-ethyl adjacent to an activating group) is 1. The smallest absolute Gasteiger partial charge is 0.243 e. The lowest BCUT2D eigenvalue weighted by molar-refractivity contribution is -0.134. The maximum absolute atomic E-state index is 12.3. The molecule has 0 aromatic heterocycles. The van der Waals surface area contributed by atoms with E-state index in [0.717, 1.165) is 36.2 Å². The molecule has 0 aliphatic carbocycles. The quantitative estimate of drug-likeness (QED) is 0.848. The second-order valence-corrected chi connectivity index (χ2v) is 6.60. The van der Waals surface area contributed by atoms with Gasteiger partial charge in [-0.2, -0.15) is 0 Å². The molecule has 0 radical (unpaired) electrons. The highest BCUT2D eigenvalue weighted by Crippen LogP contribution is 2.19. The summed E-state index contributed by atoms with van der Waals surface area (Å²) in [6.07, 6.45) is 1.33. The maximum atomic E-state index is 12.3. The van der Waals surface area contributed by atoms with Crippen LogP contribution in [0.1, 0.15) is 24.0 Å². The third-order valence-electron chi connectivity index (χ3n) is 4.39. The molecule has 1 atom stereocenters. The first kappa shape index (κ1) is 18.4. The molecule has 1 aliphatic rings. The number of β-amino-alcohol motifs (C(OH)–C–C–N with tert-alkyl or cyclic N) is 1. The number of carbonyl (C=O) groups is 2. The molecule has 1 heterocycles. The van der Waals surface area contributed by atoms with Crippen LogP contribution in [0, 0.1) is 13.8 Å². The van der Waals surface area contributed by atoms with E-state index in [2.05, 4.69) is 5.32 Å². The van der Waals surface area contributed by atoms with E-state index in [1.807, 2.05) is 36.9 Å². The molecule has 1 fully saturated rings. The van der Waals surface area contributed by atoms with E-state index in [1.54, 1.807) is 7.05 Å². The molecular formula is C18H27N3O3. The van der Waals surface area contributed by atoms with Crippen molar-refractivity contribution in [3.05, 3.63) is 29.3 Å². The lowest BCUT2D eigenvalue weighted by Crippen LogP contribution is -2.46. The average Bonchev–Trinajstić information content (AvgIpc) is 2.51. The highest BCUT2D eigenvalue weighted by Gasteiger charge is 2.22. The summed E-state index contributed by atoms with van der Waals surface area (Å²) in [5, 5.41) is 12.6. The van der Waals surface area contributed by atoms with Gasteiger partial charge in [-0.25, -0.2) is 0 Å². The molecule has 24 heavy (non-hydrogen) atoms. The molecule has 1 aromatic rings. The highest BCUT2D eigenvalue weighted by molar-refractivity contribution is 5.95. The van der Waals surface area contributed by atoms with E-state index in [4.69, 9.17) is 0 Å². The molecule has 2 amide bonds. The zero-order chi connectivity index (χ0) is 17.7. The topological polar surface area (TPSA) is 72.9 Å². The Labute approximate surface area is 143 Å². The van der Waals surface area contributed by atoms with Crippen molar-refractivity contribution < 1.29 is 14.7 Å². The van der Waals surface area contributed by atoms with Gasteiger partial charge in [0.1, 0.15) is 0 Å². The van der Waals surface area contributed by atoms with Gasteiger partial charge in [-0.3, -0.25) is 14.5 Å². The molecule has 2 N–H and O–H groups in total. The Morgan fingerprint density at radius 1 is 1.33 bits per heavy atom. The van der Waals surface area contributed by atoms with Gasteiger partial charge in [0.05, 0.1) is 19.2 Å². The number of para-hydroxylation sites is 1. The van der Waals surface area contributed by atoms with Crippen LogP contribution in [0.5, 0.6) is 0 Å². The molecule has 6 heteroatoms. The third kappa shape index (κ3) is 5.04. The average molecular weight is 333 g/mol. The summed E-state index contributed by atoms with van der Waals surface area (Å²) in [6, 6.07) is 5.83. The van der Waals surface area contributed by atoms with E-state index in [0.29, 0.717) is 6.54 Å². The Hall–Kier alpha value is -1.92. The van der Waals surface area contributed by atoms with E-state index in [-0.39, 0.29) is 31.0 Å². The molecule has 1 aliphatic heterocycles. The SMILES string of the molecule is Cc1cccc(C)c1NC(=O)CN(C)C(=O)CN1CCCC(O)C1. The Kier molecular flexibility index (Phi) is 6.34. The summed E-state index contributed by atoms with van der Waals surface area (Å²) < 4.78 is 0. The zero-order valence-electron chi connectivity index (χ0n) is 14.7. The Balaban J connectivity index is 1.85. The van der Waals surface area contributed by atoms with Crippen LogP contribution < -0.4 is 5.32 Å². The molecule has 6 nitrogen and oxygen atoms in total. The van der Waals surface area contributed by atoms with Crippen LogP contribution in [0.15, 0.2) is 18.2 Å². The molecule has 132 valence electrons. The van der Waals surface area contributed by atoms with E-state index in [9.17, 15) is 14.7 Å². The zero-order valence-corrected chi connectivity index (χ0v) is 14.7. The van der Waals surface area contributed by atoms with Gasteiger partial charge < -0.3 is 15.3 Å². The number of aryl methyl sites for hydroxylation is 2. The number of amides is 2. The summed E-state index contributed by atoms with van der Waals surface area (Å²) in [4.78, 5) is 27.9. The fraction of sp³-hybridized carbons (Fsp3) is 0.556. The van der Waals surface area contributed by atoms with Gasteiger partial charge in [-0.1, -0.05) is 18.2 Å². The van der Waals surface area contributed by atoms with Crippen molar-refractivity contribution in [2.24, 2.45) is 0 Å². The fourth-order valence-corrected chi connectivity index (χ4v) is 2.98. The molecule has 1 saturated heterocycles.